The van der Waals surface area contributed by atoms with Crippen molar-refractivity contribution in [2.24, 2.45) is 5.41 Å². The summed E-state index contributed by atoms with van der Waals surface area (Å²) in [7, 11) is 0. The molecule has 18 heavy (non-hydrogen) atoms. The number of aromatic nitrogens is 1. The van der Waals surface area contributed by atoms with Gasteiger partial charge >= 0.3 is 0 Å². The Morgan fingerprint density at radius 3 is 2.94 bits per heavy atom. The molecule has 1 spiro atoms. The first-order chi connectivity index (χ1) is 8.77. The van der Waals surface area contributed by atoms with E-state index in [9.17, 15) is 4.79 Å². The Kier molecular flexibility index (Phi) is 3.04. The van der Waals surface area contributed by atoms with Gasteiger partial charge in [-0.25, -0.2) is 0 Å². The molecule has 0 aromatic carbocycles. The van der Waals surface area contributed by atoms with Gasteiger partial charge in [-0.1, -0.05) is 6.07 Å². The van der Waals surface area contributed by atoms with Gasteiger partial charge in [0.25, 0.3) is 0 Å². The minimum atomic E-state index is 0.241. The molecule has 0 atom stereocenters. The maximum Gasteiger partial charge on any atom is 0.223 e. The first-order valence-corrected chi connectivity index (χ1v) is 6.65. The highest BCUT2D eigenvalue weighted by Crippen LogP contribution is 2.39. The number of pyridine rings is 1. The van der Waals surface area contributed by atoms with Gasteiger partial charge in [-0.15, -0.1) is 0 Å². The van der Waals surface area contributed by atoms with Gasteiger partial charge in [0.05, 0.1) is 0 Å². The van der Waals surface area contributed by atoms with Crippen molar-refractivity contribution < 1.29 is 4.79 Å². The van der Waals surface area contributed by atoms with Crippen LogP contribution in [0, 0.1) is 5.41 Å². The molecule has 0 radical (unpaired) electrons. The topological polar surface area (TPSA) is 45.2 Å². The van der Waals surface area contributed by atoms with Crippen LogP contribution in [0.1, 0.15) is 24.8 Å². The highest BCUT2D eigenvalue weighted by atomic mass is 16.2. The summed E-state index contributed by atoms with van der Waals surface area (Å²) in [5.74, 6) is 0.306. The monoisotopic (exact) mass is 245 g/mol. The molecule has 2 aliphatic rings. The minimum absolute atomic E-state index is 0.241. The zero-order valence-electron chi connectivity index (χ0n) is 10.6. The number of nitrogens with zero attached hydrogens (tertiary/aromatic N) is 2. The molecule has 0 aliphatic carbocycles. The Hall–Kier alpha value is -1.42. The highest BCUT2D eigenvalue weighted by molar-refractivity contribution is 5.79. The van der Waals surface area contributed by atoms with Crippen molar-refractivity contribution in [1.29, 1.82) is 0 Å². The number of hydrogen-bond acceptors (Lipinski definition) is 3. The smallest absolute Gasteiger partial charge is 0.223 e. The summed E-state index contributed by atoms with van der Waals surface area (Å²) in [6, 6.07) is 3.96. The van der Waals surface area contributed by atoms with Crippen molar-refractivity contribution in [2.45, 2.75) is 25.8 Å². The van der Waals surface area contributed by atoms with Crippen LogP contribution in [-0.2, 0) is 11.3 Å². The van der Waals surface area contributed by atoms with Crippen molar-refractivity contribution in [3.63, 3.8) is 0 Å². The van der Waals surface area contributed by atoms with Crippen LogP contribution < -0.4 is 5.32 Å². The number of nitrogens with one attached hydrogen (secondary N) is 1. The lowest BCUT2D eigenvalue weighted by molar-refractivity contribution is -0.128. The average molecular weight is 245 g/mol. The second-order valence-electron chi connectivity index (χ2n) is 5.54. The molecule has 0 saturated carbocycles. The molecule has 3 heterocycles. The van der Waals surface area contributed by atoms with E-state index in [0.29, 0.717) is 12.5 Å². The normalized spacial score (nSPS) is 22.7. The molecular formula is C14H19N3O. The molecule has 4 heteroatoms. The Labute approximate surface area is 107 Å². The number of piperidine rings is 1. The summed E-state index contributed by atoms with van der Waals surface area (Å²) in [5.41, 5.74) is 1.36. The van der Waals surface area contributed by atoms with Crippen LogP contribution in [-0.4, -0.2) is 35.4 Å². The predicted octanol–water partition coefficient (Wildman–Crippen LogP) is 1.18. The Morgan fingerprint density at radius 2 is 2.22 bits per heavy atom. The van der Waals surface area contributed by atoms with E-state index < -0.39 is 0 Å². The summed E-state index contributed by atoms with van der Waals surface area (Å²) >= 11 is 0. The molecule has 1 aromatic heterocycles. The van der Waals surface area contributed by atoms with Crippen molar-refractivity contribution in [3.05, 3.63) is 30.1 Å². The van der Waals surface area contributed by atoms with Crippen LogP contribution in [0.2, 0.25) is 0 Å². The average Bonchev–Trinajstić information content (AvgIpc) is 2.68. The molecule has 0 bridgehead atoms. The number of hydrogen-bond donors (Lipinski definition) is 1. The first kappa shape index (κ1) is 11.7. The molecule has 4 nitrogen and oxygen atoms in total. The molecule has 1 aromatic rings. The van der Waals surface area contributed by atoms with Gasteiger partial charge in [0, 0.05) is 31.9 Å². The molecule has 2 fully saturated rings. The second-order valence-corrected chi connectivity index (χ2v) is 5.54. The minimum Gasteiger partial charge on any atom is -0.338 e. The van der Waals surface area contributed by atoms with E-state index in [1.165, 1.54) is 0 Å². The van der Waals surface area contributed by atoms with Crippen LogP contribution in [0.5, 0.6) is 0 Å². The lowest BCUT2D eigenvalue weighted by Crippen LogP contribution is -2.38. The fourth-order valence-corrected chi connectivity index (χ4v) is 3.13. The van der Waals surface area contributed by atoms with Crippen LogP contribution in [0.15, 0.2) is 24.5 Å². The van der Waals surface area contributed by atoms with E-state index in [1.807, 2.05) is 23.2 Å². The third-order valence-electron chi connectivity index (χ3n) is 4.17. The Balaban J connectivity index is 1.69. The van der Waals surface area contributed by atoms with E-state index in [4.69, 9.17) is 0 Å². The number of rotatable bonds is 2. The van der Waals surface area contributed by atoms with E-state index in [0.717, 1.165) is 44.5 Å². The fourth-order valence-electron chi connectivity index (χ4n) is 3.13. The molecule has 1 N–H and O–H groups in total. The summed E-state index contributed by atoms with van der Waals surface area (Å²) in [6.45, 7) is 3.73. The Bertz CT molecular complexity index is 426. The standard InChI is InChI=1S/C14H19N3O/c18-13-8-14(3-6-15-7-4-14)11-17(13)10-12-2-1-5-16-9-12/h1-2,5,9,15H,3-4,6-8,10-11H2. The second kappa shape index (κ2) is 4.69. The molecule has 2 aliphatic heterocycles. The SMILES string of the molecule is O=C1CC2(CCNCC2)CN1Cc1cccnc1. The van der Waals surface area contributed by atoms with Gasteiger partial charge in [-0.3, -0.25) is 9.78 Å². The van der Waals surface area contributed by atoms with Crippen LogP contribution >= 0.6 is 0 Å². The van der Waals surface area contributed by atoms with Gasteiger partial charge in [-0.2, -0.15) is 0 Å². The van der Waals surface area contributed by atoms with E-state index in [-0.39, 0.29) is 5.41 Å². The largest absolute Gasteiger partial charge is 0.338 e. The summed E-state index contributed by atoms with van der Waals surface area (Å²) in [5, 5.41) is 3.38. The van der Waals surface area contributed by atoms with Gasteiger partial charge in [0.15, 0.2) is 0 Å². The third kappa shape index (κ3) is 2.25. The molecule has 3 rings (SSSR count). The van der Waals surface area contributed by atoms with E-state index >= 15 is 0 Å². The van der Waals surface area contributed by atoms with Gasteiger partial charge in [0.2, 0.25) is 5.91 Å². The van der Waals surface area contributed by atoms with Gasteiger partial charge in [-0.05, 0) is 43.0 Å². The fraction of sp³-hybridized carbons (Fsp3) is 0.571. The van der Waals surface area contributed by atoms with Crippen molar-refractivity contribution >= 4 is 5.91 Å². The van der Waals surface area contributed by atoms with Crippen LogP contribution in [0.3, 0.4) is 0 Å². The first-order valence-electron chi connectivity index (χ1n) is 6.65. The highest BCUT2D eigenvalue weighted by Gasteiger charge is 2.43. The zero-order chi connectivity index (χ0) is 12.4. The number of amides is 1. The number of carbonyl (C=O) groups is 1. The van der Waals surface area contributed by atoms with Gasteiger partial charge in [0.1, 0.15) is 0 Å². The van der Waals surface area contributed by atoms with E-state index in [2.05, 4.69) is 10.3 Å². The zero-order valence-corrected chi connectivity index (χ0v) is 10.6. The Morgan fingerprint density at radius 1 is 1.39 bits per heavy atom. The maximum atomic E-state index is 12.1. The van der Waals surface area contributed by atoms with E-state index in [1.54, 1.807) is 6.20 Å². The summed E-state index contributed by atoms with van der Waals surface area (Å²) in [6.07, 6.45) is 6.60. The quantitative estimate of drug-likeness (QED) is 0.851. The molecule has 1 amide bonds. The molecule has 2 saturated heterocycles. The van der Waals surface area contributed by atoms with Crippen LogP contribution in [0.25, 0.3) is 0 Å². The molecular weight excluding hydrogens is 226 g/mol. The third-order valence-corrected chi connectivity index (χ3v) is 4.17. The lowest BCUT2D eigenvalue weighted by atomic mass is 9.78. The summed E-state index contributed by atoms with van der Waals surface area (Å²) < 4.78 is 0. The van der Waals surface area contributed by atoms with Gasteiger partial charge < -0.3 is 10.2 Å². The number of carbonyl (C=O) groups excluding carboxylic acids is 1. The maximum absolute atomic E-state index is 12.1. The molecule has 96 valence electrons. The summed E-state index contributed by atoms with van der Waals surface area (Å²) in [4.78, 5) is 18.2. The lowest BCUT2D eigenvalue weighted by Gasteiger charge is -2.33. The van der Waals surface area contributed by atoms with Crippen LogP contribution in [0.4, 0.5) is 0 Å². The van der Waals surface area contributed by atoms with Crippen molar-refractivity contribution in [1.82, 2.24) is 15.2 Å². The van der Waals surface area contributed by atoms with Crippen molar-refractivity contribution in [2.75, 3.05) is 19.6 Å². The predicted molar refractivity (Wildman–Crippen MR) is 68.8 cm³/mol. The van der Waals surface area contributed by atoms with Crippen molar-refractivity contribution in [3.8, 4) is 0 Å². The number of likely N-dealkylation sites (tertiary alicyclic amines) is 1. The molecule has 0 unspecified atom stereocenters.